The number of aliphatic imine (C=N–C) groups is 1. The largest absolute Gasteiger partial charge is 0.350 e. The van der Waals surface area contributed by atoms with Gasteiger partial charge in [0.25, 0.3) is 0 Å². The molecule has 8 rings (SSSR count). The summed E-state index contributed by atoms with van der Waals surface area (Å²) in [6, 6.07) is 50.1. The molecule has 2 N–H and O–H groups in total. The fourth-order valence-corrected chi connectivity index (χ4v) is 6.96. The number of nitrogens with one attached hydrogen (secondary N) is 2. The molecule has 6 aromatic carbocycles. The first-order valence-electron chi connectivity index (χ1n) is 15.0. The Labute approximate surface area is 253 Å². The Balaban J connectivity index is 1.31. The van der Waals surface area contributed by atoms with Gasteiger partial charge in [0.15, 0.2) is 0 Å². The normalized spacial score (nSPS) is 18.4. The summed E-state index contributed by atoms with van der Waals surface area (Å²) in [6.07, 6.45) is -0.238. The summed E-state index contributed by atoms with van der Waals surface area (Å²) in [4.78, 5) is 5.22. The minimum absolute atomic E-state index is 0.0722. The number of nitrogens with zero attached hydrogens (tertiary/aromatic N) is 1. The molecule has 43 heavy (non-hydrogen) atoms. The first kappa shape index (κ1) is 25.7. The van der Waals surface area contributed by atoms with Gasteiger partial charge >= 0.3 is 0 Å². The summed E-state index contributed by atoms with van der Waals surface area (Å²) in [5, 5.41) is 9.98. The maximum atomic E-state index is 5.22. The van der Waals surface area contributed by atoms with E-state index >= 15 is 0 Å². The van der Waals surface area contributed by atoms with Gasteiger partial charge < -0.3 is 5.32 Å². The third-order valence-electron chi connectivity index (χ3n) is 9.13. The molecule has 208 valence electrons. The molecule has 0 spiro atoms. The van der Waals surface area contributed by atoms with Crippen LogP contribution in [-0.4, -0.2) is 5.84 Å². The fraction of sp³-hybridized carbons (Fsp3) is 0.125. The van der Waals surface area contributed by atoms with E-state index in [-0.39, 0.29) is 17.7 Å². The first-order valence-corrected chi connectivity index (χ1v) is 15.0. The van der Waals surface area contributed by atoms with E-state index in [0.717, 1.165) is 17.0 Å². The van der Waals surface area contributed by atoms with Crippen LogP contribution in [0.25, 0.3) is 33.0 Å². The summed E-state index contributed by atoms with van der Waals surface area (Å²) in [6.45, 7) is 4.71. The Hall–Kier alpha value is -4.99. The van der Waals surface area contributed by atoms with Gasteiger partial charge in [-0.25, -0.2) is 4.99 Å². The van der Waals surface area contributed by atoms with E-state index in [1.54, 1.807) is 0 Å². The molecule has 0 bridgehead atoms. The lowest BCUT2D eigenvalue weighted by atomic mass is 9.80. The SMILES string of the molecule is CC1(C)c2ccccc2-c2c1cc1ccccc1c2-c1cccc(C2=NC(c3ccccc3)NC(c3ccccc3)N2)c1. The fourth-order valence-electron chi connectivity index (χ4n) is 6.96. The van der Waals surface area contributed by atoms with Crippen molar-refractivity contribution in [3.63, 3.8) is 0 Å². The van der Waals surface area contributed by atoms with Crippen molar-refractivity contribution in [2.24, 2.45) is 4.99 Å². The summed E-state index contributed by atoms with van der Waals surface area (Å²) < 4.78 is 0. The van der Waals surface area contributed by atoms with Gasteiger partial charge in [-0.1, -0.05) is 141 Å². The second-order valence-electron chi connectivity index (χ2n) is 12.1. The maximum Gasteiger partial charge on any atom is 0.131 e. The van der Waals surface area contributed by atoms with Crippen LogP contribution < -0.4 is 10.6 Å². The lowest BCUT2D eigenvalue weighted by Crippen LogP contribution is -2.44. The highest BCUT2D eigenvalue weighted by Crippen LogP contribution is 2.54. The average molecular weight is 556 g/mol. The molecule has 3 heteroatoms. The Morgan fingerprint density at radius 2 is 1.26 bits per heavy atom. The monoisotopic (exact) mass is 555 g/mol. The predicted molar refractivity (Wildman–Crippen MR) is 178 cm³/mol. The zero-order chi connectivity index (χ0) is 29.0. The number of benzene rings is 6. The van der Waals surface area contributed by atoms with Crippen LogP contribution in [-0.2, 0) is 5.41 Å². The van der Waals surface area contributed by atoms with Crippen LogP contribution in [0.2, 0.25) is 0 Å². The number of amidine groups is 1. The summed E-state index contributed by atoms with van der Waals surface area (Å²) >= 11 is 0. The Bertz CT molecular complexity index is 2010. The van der Waals surface area contributed by atoms with Crippen LogP contribution in [0.4, 0.5) is 0 Å². The van der Waals surface area contributed by atoms with Crippen LogP contribution >= 0.6 is 0 Å². The van der Waals surface area contributed by atoms with Crippen LogP contribution in [0.1, 0.15) is 54.0 Å². The lowest BCUT2D eigenvalue weighted by molar-refractivity contribution is 0.409. The van der Waals surface area contributed by atoms with Crippen molar-refractivity contribution >= 4 is 16.6 Å². The van der Waals surface area contributed by atoms with Crippen molar-refractivity contribution < 1.29 is 0 Å². The van der Waals surface area contributed by atoms with Gasteiger partial charge in [-0.15, -0.1) is 0 Å². The zero-order valence-electron chi connectivity index (χ0n) is 24.4. The lowest BCUT2D eigenvalue weighted by Gasteiger charge is -2.32. The maximum absolute atomic E-state index is 5.22. The highest BCUT2D eigenvalue weighted by Gasteiger charge is 2.37. The van der Waals surface area contributed by atoms with Gasteiger partial charge in [0.1, 0.15) is 18.2 Å². The van der Waals surface area contributed by atoms with Crippen molar-refractivity contribution in [2.45, 2.75) is 31.6 Å². The van der Waals surface area contributed by atoms with Gasteiger partial charge in [-0.3, -0.25) is 5.32 Å². The number of hydrogen-bond acceptors (Lipinski definition) is 3. The van der Waals surface area contributed by atoms with Crippen molar-refractivity contribution in [2.75, 3.05) is 0 Å². The van der Waals surface area contributed by atoms with Crippen molar-refractivity contribution in [3.8, 4) is 22.3 Å². The van der Waals surface area contributed by atoms with E-state index in [0.29, 0.717) is 0 Å². The van der Waals surface area contributed by atoms with Gasteiger partial charge in [0.05, 0.1) is 0 Å². The Morgan fingerprint density at radius 1 is 0.581 bits per heavy atom. The van der Waals surface area contributed by atoms with Crippen LogP contribution in [0.3, 0.4) is 0 Å². The van der Waals surface area contributed by atoms with Crippen LogP contribution in [0.5, 0.6) is 0 Å². The van der Waals surface area contributed by atoms with Crippen LogP contribution in [0, 0.1) is 0 Å². The Morgan fingerprint density at radius 3 is 2.07 bits per heavy atom. The molecule has 2 atom stereocenters. The topological polar surface area (TPSA) is 36.4 Å². The summed E-state index contributed by atoms with van der Waals surface area (Å²) in [5.41, 5.74) is 11.3. The quantitative estimate of drug-likeness (QED) is 0.228. The average Bonchev–Trinajstić information content (AvgIpc) is 3.30. The summed E-state index contributed by atoms with van der Waals surface area (Å²) in [5.74, 6) is 0.890. The molecule has 1 aliphatic carbocycles. The molecule has 1 heterocycles. The third kappa shape index (κ3) is 4.28. The molecule has 0 aromatic heterocycles. The standard InChI is InChI=1S/C40H33N3/c1-40(2)33-23-12-11-22-32(33)36-34(40)25-28-18-9-10-21-31(28)35(36)29-19-13-20-30(24-29)39-42-37(26-14-5-3-6-15-26)41-38(43-39)27-16-7-4-8-17-27/h3-25,37-38,41H,1-2H3,(H,42,43). The van der Waals surface area contributed by atoms with Crippen molar-refractivity contribution in [1.29, 1.82) is 0 Å². The molecule has 2 unspecified atom stereocenters. The number of hydrogen-bond donors (Lipinski definition) is 2. The molecule has 0 radical (unpaired) electrons. The first-order chi connectivity index (χ1) is 21.1. The second-order valence-corrected chi connectivity index (χ2v) is 12.1. The number of rotatable bonds is 4. The molecule has 0 amide bonds. The van der Waals surface area contributed by atoms with Crippen molar-refractivity contribution in [1.82, 2.24) is 10.6 Å². The van der Waals surface area contributed by atoms with E-state index in [1.807, 2.05) is 0 Å². The summed E-state index contributed by atoms with van der Waals surface area (Å²) in [7, 11) is 0. The molecular formula is C40H33N3. The van der Waals surface area contributed by atoms with Crippen molar-refractivity contribution in [3.05, 3.63) is 167 Å². The third-order valence-corrected chi connectivity index (χ3v) is 9.13. The number of fused-ring (bicyclic) bond motifs is 4. The zero-order valence-corrected chi connectivity index (χ0v) is 24.4. The van der Waals surface area contributed by atoms with E-state index in [4.69, 9.17) is 4.99 Å². The highest BCUT2D eigenvalue weighted by atomic mass is 15.3. The molecule has 0 fully saturated rings. The minimum atomic E-state index is -0.166. The second kappa shape index (κ2) is 10.1. The minimum Gasteiger partial charge on any atom is -0.350 e. The molecule has 1 aliphatic heterocycles. The van der Waals surface area contributed by atoms with Gasteiger partial charge in [-0.2, -0.15) is 0 Å². The Kier molecular flexibility index (Phi) is 6.02. The van der Waals surface area contributed by atoms with Crippen LogP contribution in [0.15, 0.2) is 145 Å². The van der Waals surface area contributed by atoms with Gasteiger partial charge in [0.2, 0.25) is 0 Å². The van der Waals surface area contributed by atoms with E-state index in [2.05, 4.69) is 164 Å². The molecule has 2 aliphatic rings. The van der Waals surface area contributed by atoms with Gasteiger partial charge in [-0.05, 0) is 67.4 Å². The molecule has 3 nitrogen and oxygen atoms in total. The van der Waals surface area contributed by atoms with Gasteiger partial charge in [0, 0.05) is 11.0 Å². The van der Waals surface area contributed by atoms with E-state index < -0.39 is 0 Å². The highest BCUT2D eigenvalue weighted by molar-refractivity contribution is 6.09. The molecule has 6 aromatic rings. The molecule has 0 saturated heterocycles. The molecular weight excluding hydrogens is 522 g/mol. The molecule has 0 saturated carbocycles. The van der Waals surface area contributed by atoms with E-state index in [1.165, 1.54) is 49.7 Å². The predicted octanol–water partition coefficient (Wildman–Crippen LogP) is 9.15. The van der Waals surface area contributed by atoms with E-state index in [9.17, 15) is 0 Å². The smallest absolute Gasteiger partial charge is 0.131 e.